The van der Waals surface area contributed by atoms with Crippen LogP contribution in [0.2, 0.25) is 0 Å². The fourth-order valence-electron chi connectivity index (χ4n) is 1.48. The first-order valence-corrected chi connectivity index (χ1v) is 6.71. The highest BCUT2D eigenvalue weighted by Crippen LogP contribution is 2.27. The maximum absolute atomic E-state index is 11.5. The van der Waals surface area contributed by atoms with E-state index in [-0.39, 0.29) is 42.9 Å². The van der Waals surface area contributed by atoms with E-state index >= 15 is 0 Å². The first-order chi connectivity index (χ1) is 9.93. The third-order valence-corrected chi connectivity index (χ3v) is 2.64. The lowest BCUT2D eigenvalue weighted by molar-refractivity contribution is -0.134. The number of esters is 2. The predicted octanol–water partition coefficient (Wildman–Crippen LogP) is 2.41. The zero-order valence-electron chi connectivity index (χ0n) is 11.4. The first-order valence-electron chi connectivity index (χ1n) is 6.33. The van der Waals surface area contributed by atoms with Crippen molar-refractivity contribution in [2.24, 2.45) is 0 Å². The van der Waals surface area contributed by atoms with Crippen molar-refractivity contribution in [2.75, 3.05) is 6.61 Å². The van der Waals surface area contributed by atoms with Gasteiger partial charge in [-0.2, -0.15) is 0 Å². The minimum Gasteiger partial charge on any atom is -0.504 e. The van der Waals surface area contributed by atoms with Gasteiger partial charge in [-0.3, -0.25) is 9.59 Å². The summed E-state index contributed by atoms with van der Waals surface area (Å²) in [4.78, 5) is 33.6. The smallest absolute Gasteiger partial charge is 0.338 e. The highest BCUT2D eigenvalue weighted by atomic mass is 35.5. The number of benzene rings is 1. The molecular formula is C14H15ClO6. The normalized spacial score (nSPS) is 10.0. The number of ether oxygens (including phenoxy) is 2. The Balaban J connectivity index is 2.69. The summed E-state index contributed by atoms with van der Waals surface area (Å²) in [5.41, 5.74) is 0.161. The molecule has 0 aliphatic heterocycles. The van der Waals surface area contributed by atoms with E-state index in [2.05, 4.69) is 0 Å². The molecule has 1 rings (SSSR count). The molecule has 0 spiro atoms. The van der Waals surface area contributed by atoms with Crippen molar-refractivity contribution >= 4 is 28.8 Å². The molecule has 0 saturated heterocycles. The Labute approximate surface area is 126 Å². The molecule has 1 aromatic rings. The number of hydrogen-bond donors (Lipinski definition) is 1. The van der Waals surface area contributed by atoms with Crippen LogP contribution in [0.25, 0.3) is 0 Å². The molecule has 114 valence electrons. The molecule has 0 aromatic heterocycles. The topological polar surface area (TPSA) is 89.9 Å². The molecule has 1 aromatic carbocycles. The van der Waals surface area contributed by atoms with Gasteiger partial charge in [-0.25, -0.2) is 4.79 Å². The third kappa shape index (κ3) is 5.83. The Kier molecular flexibility index (Phi) is 6.68. The molecule has 0 fully saturated rings. The van der Waals surface area contributed by atoms with Crippen LogP contribution >= 0.6 is 11.6 Å². The lowest BCUT2D eigenvalue weighted by atomic mass is 10.2. The zero-order valence-corrected chi connectivity index (χ0v) is 12.2. The van der Waals surface area contributed by atoms with E-state index < -0.39 is 17.2 Å². The van der Waals surface area contributed by atoms with Gasteiger partial charge < -0.3 is 14.6 Å². The molecule has 0 amide bonds. The van der Waals surface area contributed by atoms with Gasteiger partial charge in [0.05, 0.1) is 12.2 Å². The third-order valence-electron chi connectivity index (χ3n) is 2.45. The fraction of sp³-hybridized carbons (Fsp3) is 0.357. The molecular weight excluding hydrogens is 300 g/mol. The molecule has 6 nitrogen and oxygen atoms in total. The van der Waals surface area contributed by atoms with Crippen molar-refractivity contribution < 1.29 is 29.0 Å². The van der Waals surface area contributed by atoms with Gasteiger partial charge in [0.1, 0.15) is 0 Å². The van der Waals surface area contributed by atoms with Gasteiger partial charge in [0, 0.05) is 12.8 Å². The molecule has 0 unspecified atom stereocenters. The minimum absolute atomic E-state index is 0.0263. The summed E-state index contributed by atoms with van der Waals surface area (Å²) in [6.07, 6.45) is 0.284. The van der Waals surface area contributed by atoms with Crippen LogP contribution in [0.1, 0.15) is 36.5 Å². The van der Waals surface area contributed by atoms with E-state index in [0.717, 1.165) is 0 Å². The molecule has 0 saturated carbocycles. The largest absolute Gasteiger partial charge is 0.504 e. The summed E-state index contributed by atoms with van der Waals surface area (Å²) in [5.74, 6) is -1.63. The maximum Gasteiger partial charge on any atom is 0.338 e. The quantitative estimate of drug-likeness (QED) is 0.472. The highest BCUT2D eigenvalue weighted by molar-refractivity contribution is 6.63. The molecule has 0 bridgehead atoms. The number of phenols is 1. The van der Waals surface area contributed by atoms with E-state index in [1.54, 1.807) is 6.92 Å². The summed E-state index contributed by atoms with van der Waals surface area (Å²) in [6, 6.07) is 3.81. The fourth-order valence-corrected chi connectivity index (χ4v) is 1.62. The van der Waals surface area contributed by atoms with Gasteiger partial charge in [0.25, 0.3) is 0 Å². The predicted molar refractivity (Wildman–Crippen MR) is 74.4 cm³/mol. The number of halogens is 1. The summed E-state index contributed by atoms with van der Waals surface area (Å²) >= 11 is 5.15. The van der Waals surface area contributed by atoms with Gasteiger partial charge in [-0.15, -0.1) is 0 Å². The van der Waals surface area contributed by atoms with Crippen LogP contribution in [-0.2, 0) is 14.3 Å². The second-order valence-corrected chi connectivity index (χ2v) is 4.51. The highest BCUT2D eigenvalue weighted by Gasteiger charge is 2.14. The first kappa shape index (κ1) is 17.0. The second kappa shape index (κ2) is 8.26. The number of hydrogen-bond acceptors (Lipinski definition) is 6. The molecule has 0 aliphatic rings. The summed E-state index contributed by atoms with van der Waals surface area (Å²) in [5, 5.41) is 9.07. The summed E-state index contributed by atoms with van der Waals surface area (Å²) in [7, 11) is 0. The summed E-state index contributed by atoms with van der Waals surface area (Å²) < 4.78 is 9.75. The van der Waals surface area contributed by atoms with Crippen molar-refractivity contribution in [1.29, 1.82) is 0 Å². The standard InChI is InChI=1S/C14H15ClO6/c1-2-20-14(19)9-6-7-10(16)11(8-9)21-13(18)5-3-4-12(15)17/h6-8,16H,2-5H2,1H3. The molecule has 0 heterocycles. The van der Waals surface area contributed by atoms with Gasteiger partial charge >= 0.3 is 11.9 Å². The maximum atomic E-state index is 11.5. The van der Waals surface area contributed by atoms with Gasteiger partial charge in [-0.1, -0.05) is 0 Å². The number of carbonyl (C=O) groups excluding carboxylic acids is 3. The van der Waals surface area contributed by atoms with E-state index in [4.69, 9.17) is 21.1 Å². The average molecular weight is 315 g/mol. The van der Waals surface area contributed by atoms with Crippen LogP contribution < -0.4 is 4.74 Å². The van der Waals surface area contributed by atoms with Gasteiger partial charge in [0.15, 0.2) is 11.5 Å². The van der Waals surface area contributed by atoms with Crippen LogP contribution in [0.4, 0.5) is 0 Å². The van der Waals surface area contributed by atoms with Crippen molar-refractivity contribution in [1.82, 2.24) is 0 Å². The van der Waals surface area contributed by atoms with Crippen molar-refractivity contribution in [3.63, 3.8) is 0 Å². The van der Waals surface area contributed by atoms with E-state index in [9.17, 15) is 19.5 Å². The average Bonchev–Trinajstić information content (AvgIpc) is 2.41. The Bertz CT molecular complexity index is 540. The molecule has 1 N–H and O–H groups in total. The Morgan fingerprint density at radius 3 is 2.57 bits per heavy atom. The van der Waals surface area contributed by atoms with Crippen molar-refractivity contribution in [2.45, 2.75) is 26.2 Å². The lowest BCUT2D eigenvalue weighted by Gasteiger charge is -2.08. The zero-order chi connectivity index (χ0) is 15.8. The number of aromatic hydroxyl groups is 1. The van der Waals surface area contributed by atoms with Gasteiger partial charge in [0.2, 0.25) is 5.24 Å². The van der Waals surface area contributed by atoms with Gasteiger partial charge in [-0.05, 0) is 43.1 Å². The van der Waals surface area contributed by atoms with Crippen molar-refractivity contribution in [3.05, 3.63) is 23.8 Å². The number of phenolic OH excluding ortho intramolecular Hbond substituents is 1. The lowest BCUT2D eigenvalue weighted by Crippen LogP contribution is -2.10. The summed E-state index contributed by atoms with van der Waals surface area (Å²) in [6.45, 7) is 1.87. The van der Waals surface area contributed by atoms with Crippen LogP contribution in [-0.4, -0.2) is 28.9 Å². The molecule has 21 heavy (non-hydrogen) atoms. The van der Waals surface area contributed by atoms with Crippen LogP contribution in [0, 0.1) is 0 Å². The van der Waals surface area contributed by atoms with E-state index in [1.807, 2.05) is 0 Å². The van der Waals surface area contributed by atoms with E-state index in [0.29, 0.717) is 0 Å². The van der Waals surface area contributed by atoms with E-state index in [1.165, 1.54) is 18.2 Å². The number of carbonyl (C=O) groups is 3. The Morgan fingerprint density at radius 2 is 1.95 bits per heavy atom. The van der Waals surface area contributed by atoms with Crippen LogP contribution in [0.15, 0.2) is 18.2 Å². The molecule has 7 heteroatoms. The van der Waals surface area contributed by atoms with Crippen molar-refractivity contribution in [3.8, 4) is 11.5 Å². The Morgan fingerprint density at radius 1 is 1.24 bits per heavy atom. The number of rotatable bonds is 7. The Hall–Kier alpha value is -2.08. The van der Waals surface area contributed by atoms with Crippen LogP contribution in [0.5, 0.6) is 11.5 Å². The molecule has 0 radical (unpaired) electrons. The monoisotopic (exact) mass is 314 g/mol. The van der Waals surface area contributed by atoms with Crippen LogP contribution in [0.3, 0.4) is 0 Å². The second-order valence-electron chi connectivity index (χ2n) is 4.09. The molecule has 0 atom stereocenters. The molecule has 0 aliphatic carbocycles. The SMILES string of the molecule is CCOC(=O)c1ccc(O)c(OC(=O)CCCC(=O)Cl)c1. The minimum atomic E-state index is -0.635.